The maximum atomic E-state index is 11.4. The molecule has 0 saturated carbocycles. The number of nitrogens with zero attached hydrogens (tertiary/aromatic N) is 1. The van der Waals surface area contributed by atoms with E-state index in [0.717, 1.165) is 5.56 Å². The van der Waals surface area contributed by atoms with Gasteiger partial charge in [0.05, 0.1) is 7.11 Å². The van der Waals surface area contributed by atoms with Crippen LogP contribution in [-0.4, -0.2) is 23.3 Å². The predicted octanol–water partition coefficient (Wildman–Crippen LogP) is 1.91. The standard InChI is InChI=1S/C14H16N2O4/c1-9-8-20-16-12(9)7-15-13(14(17)18)10-4-3-5-11(6-10)19-2/h3-6,8,13,15H,7H2,1-2H3,(H,17,18). The van der Waals surface area contributed by atoms with Gasteiger partial charge in [-0.05, 0) is 24.6 Å². The van der Waals surface area contributed by atoms with Crippen molar-refractivity contribution in [3.05, 3.63) is 47.3 Å². The van der Waals surface area contributed by atoms with Gasteiger partial charge in [0.25, 0.3) is 0 Å². The van der Waals surface area contributed by atoms with E-state index >= 15 is 0 Å². The van der Waals surface area contributed by atoms with Crippen molar-refractivity contribution in [3.8, 4) is 5.75 Å². The number of hydrogen-bond donors (Lipinski definition) is 2. The zero-order chi connectivity index (χ0) is 14.5. The van der Waals surface area contributed by atoms with Crippen LogP contribution in [0, 0.1) is 6.92 Å². The average molecular weight is 276 g/mol. The number of aromatic nitrogens is 1. The lowest BCUT2D eigenvalue weighted by molar-refractivity contribution is -0.139. The Morgan fingerprint density at radius 2 is 2.35 bits per heavy atom. The molecule has 0 fully saturated rings. The number of benzene rings is 1. The van der Waals surface area contributed by atoms with Gasteiger partial charge in [0.1, 0.15) is 23.7 Å². The second-order valence-electron chi connectivity index (χ2n) is 4.37. The first-order chi connectivity index (χ1) is 9.61. The summed E-state index contributed by atoms with van der Waals surface area (Å²) < 4.78 is 9.93. The summed E-state index contributed by atoms with van der Waals surface area (Å²) in [5.74, 6) is -0.340. The first kappa shape index (κ1) is 14.1. The first-order valence-electron chi connectivity index (χ1n) is 6.12. The zero-order valence-electron chi connectivity index (χ0n) is 11.3. The van der Waals surface area contributed by atoms with Crippen LogP contribution in [0.15, 0.2) is 35.1 Å². The fourth-order valence-corrected chi connectivity index (χ4v) is 1.85. The summed E-state index contributed by atoms with van der Waals surface area (Å²) >= 11 is 0. The molecule has 1 heterocycles. The second kappa shape index (κ2) is 6.21. The van der Waals surface area contributed by atoms with Crippen molar-refractivity contribution in [2.24, 2.45) is 0 Å². The molecule has 6 nitrogen and oxygen atoms in total. The van der Waals surface area contributed by atoms with Crippen LogP contribution in [-0.2, 0) is 11.3 Å². The maximum absolute atomic E-state index is 11.4. The molecule has 0 aliphatic heterocycles. The lowest BCUT2D eigenvalue weighted by atomic mass is 10.1. The molecule has 2 rings (SSSR count). The van der Waals surface area contributed by atoms with Gasteiger partial charge >= 0.3 is 5.97 Å². The zero-order valence-corrected chi connectivity index (χ0v) is 11.3. The summed E-state index contributed by atoms with van der Waals surface area (Å²) in [5, 5.41) is 16.1. The van der Waals surface area contributed by atoms with Gasteiger partial charge in [-0.1, -0.05) is 17.3 Å². The Balaban J connectivity index is 2.14. The highest BCUT2D eigenvalue weighted by Crippen LogP contribution is 2.20. The highest BCUT2D eigenvalue weighted by Gasteiger charge is 2.20. The van der Waals surface area contributed by atoms with Crippen molar-refractivity contribution in [1.29, 1.82) is 0 Å². The molecular weight excluding hydrogens is 260 g/mol. The molecule has 0 aliphatic rings. The SMILES string of the molecule is COc1cccc(C(NCc2nocc2C)C(=O)O)c1. The third kappa shape index (κ3) is 3.16. The number of ether oxygens (including phenoxy) is 1. The van der Waals surface area contributed by atoms with Gasteiger partial charge < -0.3 is 14.4 Å². The Kier molecular flexibility index (Phi) is 4.37. The quantitative estimate of drug-likeness (QED) is 0.838. The molecule has 1 unspecified atom stereocenters. The molecule has 1 atom stereocenters. The van der Waals surface area contributed by atoms with Crippen LogP contribution in [0.2, 0.25) is 0 Å². The van der Waals surface area contributed by atoms with E-state index in [1.807, 2.05) is 6.92 Å². The highest BCUT2D eigenvalue weighted by molar-refractivity contribution is 5.75. The highest BCUT2D eigenvalue weighted by atomic mass is 16.5. The summed E-state index contributed by atoms with van der Waals surface area (Å²) in [6.45, 7) is 2.17. The minimum Gasteiger partial charge on any atom is -0.497 e. The number of methoxy groups -OCH3 is 1. The molecule has 1 aromatic carbocycles. The van der Waals surface area contributed by atoms with Gasteiger partial charge in [-0.3, -0.25) is 10.1 Å². The van der Waals surface area contributed by atoms with Crippen molar-refractivity contribution in [1.82, 2.24) is 10.5 Å². The lowest BCUT2D eigenvalue weighted by Crippen LogP contribution is -2.28. The van der Waals surface area contributed by atoms with E-state index in [2.05, 4.69) is 10.5 Å². The number of carboxylic acid groups (broad SMARTS) is 1. The van der Waals surface area contributed by atoms with Crippen molar-refractivity contribution in [3.63, 3.8) is 0 Å². The molecule has 0 bridgehead atoms. The normalized spacial score (nSPS) is 12.1. The third-order valence-electron chi connectivity index (χ3n) is 3.00. The number of nitrogens with one attached hydrogen (secondary N) is 1. The third-order valence-corrected chi connectivity index (χ3v) is 3.00. The number of carbonyl (C=O) groups is 1. The smallest absolute Gasteiger partial charge is 0.325 e. The number of hydrogen-bond acceptors (Lipinski definition) is 5. The largest absolute Gasteiger partial charge is 0.497 e. The van der Waals surface area contributed by atoms with Gasteiger partial charge in [0.15, 0.2) is 0 Å². The minimum absolute atomic E-state index is 0.316. The van der Waals surface area contributed by atoms with Crippen molar-refractivity contribution in [2.45, 2.75) is 19.5 Å². The van der Waals surface area contributed by atoms with Crippen LogP contribution in [0.1, 0.15) is 22.9 Å². The second-order valence-corrected chi connectivity index (χ2v) is 4.37. The molecule has 6 heteroatoms. The minimum atomic E-state index is -0.959. The molecule has 1 aromatic heterocycles. The number of aliphatic carboxylic acids is 1. The molecule has 0 saturated heterocycles. The van der Waals surface area contributed by atoms with Crippen LogP contribution in [0.5, 0.6) is 5.75 Å². The molecule has 2 aromatic rings. The van der Waals surface area contributed by atoms with Crippen molar-refractivity contribution >= 4 is 5.97 Å². The summed E-state index contributed by atoms with van der Waals surface area (Å²) in [4.78, 5) is 11.4. The van der Waals surface area contributed by atoms with Crippen molar-refractivity contribution in [2.75, 3.05) is 7.11 Å². The molecule has 2 N–H and O–H groups in total. The van der Waals surface area contributed by atoms with Crippen LogP contribution in [0.4, 0.5) is 0 Å². The molecule has 0 radical (unpaired) electrons. The van der Waals surface area contributed by atoms with E-state index in [9.17, 15) is 9.90 Å². The maximum Gasteiger partial charge on any atom is 0.325 e. The Morgan fingerprint density at radius 1 is 1.55 bits per heavy atom. The van der Waals surface area contributed by atoms with Gasteiger partial charge in [-0.25, -0.2) is 0 Å². The van der Waals surface area contributed by atoms with Crippen molar-refractivity contribution < 1.29 is 19.2 Å². The Hall–Kier alpha value is -2.34. The molecule has 0 amide bonds. The fraction of sp³-hybridized carbons (Fsp3) is 0.286. The van der Waals surface area contributed by atoms with E-state index in [-0.39, 0.29) is 0 Å². The Morgan fingerprint density at radius 3 is 2.95 bits per heavy atom. The summed E-state index contributed by atoms with van der Waals surface area (Å²) in [6.07, 6.45) is 1.53. The first-order valence-corrected chi connectivity index (χ1v) is 6.12. The lowest BCUT2D eigenvalue weighted by Gasteiger charge is -2.15. The number of carboxylic acids is 1. The predicted molar refractivity (Wildman–Crippen MR) is 71.5 cm³/mol. The molecule has 20 heavy (non-hydrogen) atoms. The average Bonchev–Trinajstić information content (AvgIpc) is 2.84. The Labute approximate surface area is 116 Å². The van der Waals surface area contributed by atoms with Gasteiger partial charge in [-0.2, -0.15) is 0 Å². The monoisotopic (exact) mass is 276 g/mol. The van der Waals surface area contributed by atoms with E-state index < -0.39 is 12.0 Å². The van der Waals surface area contributed by atoms with Gasteiger partial charge in [0, 0.05) is 12.1 Å². The van der Waals surface area contributed by atoms with Crippen LogP contribution in [0.25, 0.3) is 0 Å². The fourth-order valence-electron chi connectivity index (χ4n) is 1.85. The van der Waals surface area contributed by atoms with E-state index in [1.165, 1.54) is 6.26 Å². The number of aryl methyl sites for hydroxylation is 1. The van der Waals surface area contributed by atoms with E-state index in [4.69, 9.17) is 9.26 Å². The van der Waals surface area contributed by atoms with Crippen LogP contribution in [0.3, 0.4) is 0 Å². The summed E-state index contributed by atoms with van der Waals surface area (Å²) in [7, 11) is 1.54. The molecular formula is C14H16N2O4. The number of rotatable bonds is 6. The van der Waals surface area contributed by atoms with Crippen LogP contribution >= 0.6 is 0 Å². The molecule has 0 aliphatic carbocycles. The summed E-state index contributed by atoms with van der Waals surface area (Å²) in [6, 6.07) is 6.13. The summed E-state index contributed by atoms with van der Waals surface area (Å²) in [5.41, 5.74) is 2.20. The van der Waals surface area contributed by atoms with Crippen LogP contribution < -0.4 is 10.1 Å². The van der Waals surface area contributed by atoms with E-state index in [0.29, 0.717) is 23.6 Å². The Bertz CT molecular complexity index is 594. The van der Waals surface area contributed by atoms with E-state index in [1.54, 1.807) is 31.4 Å². The molecule has 0 spiro atoms. The van der Waals surface area contributed by atoms with Gasteiger partial charge in [0.2, 0.25) is 0 Å². The van der Waals surface area contributed by atoms with Gasteiger partial charge in [-0.15, -0.1) is 0 Å². The molecule has 106 valence electrons. The topological polar surface area (TPSA) is 84.6 Å².